The van der Waals surface area contributed by atoms with E-state index in [9.17, 15) is 4.79 Å². The summed E-state index contributed by atoms with van der Waals surface area (Å²) in [6, 6.07) is 12.9. The van der Waals surface area contributed by atoms with Crippen molar-refractivity contribution in [3.63, 3.8) is 0 Å². The van der Waals surface area contributed by atoms with E-state index in [0.29, 0.717) is 16.9 Å². The largest absolute Gasteiger partial charge is 0.496 e. The third kappa shape index (κ3) is 3.24. The number of methoxy groups -OCH3 is 2. The molecule has 0 saturated heterocycles. The summed E-state index contributed by atoms with van der Waals surface area (Å²) in [4.78, 5) is 12.6. The number of rotatable bonds is 6. The number of hydrogen-bond donors (Lipinski definition) is 0. The lowest BCUT2D eigenvalue weighted by Crippen LogP contribution is -2.06. The van der Waals surface area contributed by atoms with Gasteiger partial charge in [0.2, 0.25) is 0 Å². The first-order valence-electron chi connectivity index (χ1n) is 7.05. The second kappa shape index (κ2) is 6.93. The van der Waals surface area contributed by atoms with Crippen LogP contribution in [0.15, 0.2) is 42.5 Å². The molecule has 0 atom stereocenters. The van der Waals surface area contributed by atoms with Crippen molar-refractivity contribution in [2.24, 2.45) is 0 Å². The predicted octanol–water partition coefficient (Wildman–Crippen LogP) is 3.89. The lowest BCUT2D eigenvalue weighted by atomic mass is 9.98. The predicted molar refractivity (Wildman–Crippen MR) is 83.4 cm³/mol. The quantitative estimate of drug-likeness (QED) is 0.755. The second-order valence-electron chi connectivity index (χ2n) is 4.81. The smallest absolute Gasteiger partial charge is 0.196 e. The number of hydrogen-bond acceptors (Lipinski definition) is 3. The molecule has 3 heteroatoms. The average Bonchev–Trinajstić information content (AvgIpc) is 2.54. The minimum atomic E-state index is -0.0613. The molecular weight excluding hydrogens is 264 g/mol. The van der Waals surface area contributed by atoms with Crippen LogP contribution in [0.4, 0.5) is 0 Å². The van der Waals surface area contributed by atoms with E-state index in [1.807, 2.05) is 24.3 Å². The number of aryl methyl sites for hydroxylation is 1. The fourth-order valence-electron chi connectivity index (χ4n) is 2.35. The Labute approximate surface area is 125 Å². The highest BCUT2D eigenvalue weighted by molar-refractivity contribution is 6.11. The van der Waals surface area contributed by atoms with Crippen molar-refractivity contribution in [1.29, 1.82) is 0 Å². The fourth-order valence-corrected chi connectivity index (χ4v) is 2.35. The van der Waals surface area contributed by atoms with Gasteiger partial charge in [-0.05, 0) is 24.1 Å². The van der Waals surface area contributed by atoms with Crippen molar-refractivity contribution in [1.82, 2.24) is 0 Å². The van der Waals surface area contributed by atoms with Crippen molar-refractivity contribution in [3.8, 4) is 11.5 Å². The molecule has 2 rings (SSSR count). The van der Waals surface area contributed by atoms with Crippen molar-refractivity contribution < 1.29 is 14.3 Å². The van der Waals surface area contributed by atoms with E-state index in [4.69, 9.17) is 9.47 Å². The Morgan fingerprint density at radius 3 is 2.24 bits per heavy atom. The zero-order valence-electron chi connectivity index (χ0n) is 12.7. The lowest BCUT2D eigenvalue weighted by molar-refractivity contribution is 0.103. The van der Waals surface area contributed by atoms with Crippen molar-refractivity contribution in [2.45, 2.75) is 19.8 Å². The molecule has 110 valence electrons. The molecular formula is C18H20O3. The van der Waals surface area contributed by atoms with Gasteiger partial charge in [-0.2, -0.15) is 0 Å². The molecule has 0 heterocycles. The molecule has 0 saturated carbocycles. The molecule has 3 nitrogen and oxygen atoms in total. The van der Waals surface area contributed by atoms with Crippen LogP contribution in [0.3, 0.4) is 0 Å². The molecule has 2 aromatic rings. The van der Waals surface area contributed by atoms with Crippen LogP contribution in [-0.4, -0.2) is 20.0 Å². The first-order valence-corrected chi connectivity index (χ1v) is 7.05. The van der Waals surface area contributed by atoms with Gasteiger partial charge in [0.05, 0.1) is 19.8 Å². The lowest BCUT2D eigenvalue weighted by Gasteiger charge is -2.14. The molecule has 2 aromatic carbocycles. The topological polar surface area (TPSA) is 35.5 Å². The summed E-state index contributed by atoms with van der Waals surface area (Å²) in [6.45, 7) is 2.11. The standard InChI is InChI=1S/C18H20O3/c1-4-8-14-11-17(21-3)15(12-16(14)20-2)18(19)13-9-6-5-7-10-13/h5-7,9-12H,4,8H2,1-3H3. The molecule has 0 bridgehead atoms. The van der Waals surface area contributed by atoms with Crippen LogP contribution in [0.5, 0.6) is 11.5 Å². The zero-order valence-corrected chi connectivity index (χ0v) is 12.7. The highest BCUT2D eigenvalue weighted by atomic mass is 16.5. The molecule has 0 aliphatic carbocycles. The van der Waals surface area contributed by atoms with Gasteiger partial charge in [-0.15, -0.1) is 0 Å². The summed E-state index contributed by atoms with van der Waals surface area (Å²) in [5.74, 6) is 1.26. The van der Waals surface area contributed by atoms with Gasteiger partial charge in [-0.3, -0.25) is 4.79 Å². The Morgan fingerprint density at radius 2 is 1.67 bits per heavy atom. The Balaban J connectivity index is 2.50. The maximum atomic E-state index is 12.6. The van der Waals surface area contributed by atoms with Crippen LogP contribution in [0.25, 0.3) is 0 Å². The number of ketones is 1. The third-order valence-electron chi connectivity index (χ3n) is 3.40. The SMILES string of the molecule is CCCc1cc(OC)c(C(=O)c2ccccc2)cc1OC. The van der Waals surface area contributed by atoms with Gasteiger partial charge in [-0.1, -0.05) is 43.7 Å². The van der Waals surface area contributed by atoms with E-state index in [-0.39, 0.29) is 5.78 Å². The summed E-state index contributed by atoms with van der Waals surface area (Å²) in [6.07, 6.45) is 1.89. The van der Waals surface area contributed by atoms with Crippen molar-refractivity contribution >= 4 is 5.78 Å². The van der Waals surface area contributed by atoms with Gasteiger partial charge in [0.25, 0.3) is 0 Å². The number of benzene rings is 2. The van der Waals surface area contributed by atoms with Crippen molar-refractivity contribution in [2.75, 3.05) is 14.2 Å². The zero-order chi connectivity index (χ0) is 15.2. The summed E-state index contributed by atoms with van der Waals surface area (Å²) >= 11 is 0. The van der Waals surface area contributed by atoms with Crippen LogP contribution in [0.1, 0.15) is 34.8 Å². The molecule has 0 aliphatic heterocycles. The minimum absolute atomic E-state index is 0.0613. The summed E-state index contributed by atoms with van der Waals surface area (Å²) in [5.41, 5.74) is 2.22. The van der Waals surface area contributed by atoms with E-state index < -0.39 is 0 Å². The van der Waals surface area contributed by atoms with Gasteiger partial charge in [0, 0.05) is 5.56 Å². The van der Waals surface area contributed by atoms with E-state index in [0.717, 1.165) is 24.2 Å². The van der Waals surface area contributed by atoms with E-state index in [1.54, 1.807) is 32.4 Å². The van der Waals surface area contributed by atoms with Gasteiger partial charge in [0.15, 0.2) is 5.78 Å². The Morgan fingerprint density at radius 1 is 1.00 bits per heavy atom. The first kappa shape index (κ1) is 15.1. The fraction of sp³-hybridized carbons (Fsp3) is 0.278. The molecule has 0 fully saturated rings. The summed E-state index contributed by atoms with van der Waals surface area (Å²) in [5, 5.41) is 0. The normalized spacial score (nSPS) is 10.2. The summed E-state index contributed by atoms with van der Waals surface area (Å²) in [7, 11) is 3.21. The van der Waals surface area contributed by atoms with E-state index >= 15 is 0 Å². The Kier molecular flexibility index (Phi) is 4.99. The van der Waals surface area contributed by atoms with Gasteiger partial charge in [0.1, 0.15) is 11.5 Å². The van der Waals surface area contributed by atoms with Crippen molar-refractivity contribution in [3.05, 3.63) is 59.2 Å². The first-order chi connectivity index (χ1) is 10.2. The average molecular weight is 284 g/mol. The maximum Gasteiger partial charge on any atom is 0.196 e. The van der Waals surface area contributed by atoms with E-state index in [1.165, 1.54) is 0 Å². The Bertz CT molecular complexity index is 618. The Hall–Kier alpha value is -2.29. The highest BCUT2D eigenvalue weighted by Gasteiger charge is 2.18. The van der Waals surface area contributed by atoms with Gasteiger partial charge < -0.3 is 9.47 Å². The molecule has 0 radical (unpaired) electrons. The van der Waals surface area contributed by atoms with Gasteiger partial charge >= 0.3 is 0 Å². The number of carbonyl (C=O) groups excluding carboxylic acids is 1. The molecule has 0 aliphatic rings. The molecule has 0 N–H and O–H groups in total. The third-order valence-corrected chi connectivity index (χ3v) is 3.40. The van der Waals surface area contributed by atoms with Gasteiger partial charge in [-0.25, -0.2) is 0 Å². The van der Waals surface area contributed by atoms with Crippen LogP contribution in [0, 0.1) is 0 Å². The monoisotopic (exact) mass is 284 g/mol. The summed E-state index contributed by atoms with van der Waals surface area (Å²) < 4.78 is 10.8. The maximum absolute atomic E-state index is 12.6. The van der Waals surface area contributed by atoms with Crippen LogP contribution in [-0.2, 0) is 6.42 Å². The van der Waals surface area contributed by atoms with Crippen LogP contribution >= 0.6 is 0 Å². The van der Waals surface area contributed by atoms with Crippen LogP contribution < -0.4 is 9.47 Å². The molecule has 21 heavy (non-hydrogen) atoms. The number of ether oxygens (including phenoxy) is 2. The van der Waals surface area contributed by atoms with E-state index in [2.05, 4.69) is 6.92 Å². The number of carbonyl (C=O) groups is 1. The molecule has 0 unspecified atom stereocenters. The molecule has 0 spiro atoms. The molecule has 0 aromatic heterocycles. The second-order valence-corrected chi connectivity index (χ2v) is 4.81. The highest BCUT2D eigenvalue weighted by Crippen LogP contribution is 2.31. The molecule has 0 amide bonds. The minimum Gasteiger partial charge on any atom is -0.496 e. The van der Waals surface area contributed by atoms with Crippen LogP contribution in [0.2, 0.25) is 0 Å².